The predicted molar refractivity (Wildman–Crippen MR) is 139 cm³/mol. The molecule has 206 valence electrons. The molecule has 0 aliphatic carbocycles. The molecular weight excluding hydrogens is 528 g/mol. The van der Waals surface area contributed by atoms with E-state index in [1.807, 2.05) is 29.2 Å². The number of ether oxygens (including phenoxy) is 1. The van der Waals surface area contributed by atoms with E-state index in [9.17, 15) is 27.2 Å². The van der Waals surface area contributed by atoms with Gasteiger partial charge >= 0.3 is 5.97 Å². The summed E-state index contributed by atoms with van der Waals surface area (Å²) in [5.74, 6) is -6.17. The Morgan fingerprint density at radius 1 is 0.825 bits per heavy atom. The van der Waals surface area contributed by atoms with Crippen LogP contribution in [0.1, 0.15) is 27.8 Å². The van der Waals surface area contributed by atoms with E-state index in [1.165, 1.54) is 17.0 Å². The van der Waals surface area contributed by atoms with Gasteiger partial charge in [-0.25, -0.2) is 27.0 Å². The molecular formula is C29H24F4N4O3. The summed E-state index contributed by atoms with van der Waals surface area (Å²) in [5, 5.41) is 4.38. The highest BCUT2D eigenvalue weighted by molar-refractivity contribution is 5.94. The lowest BCUT2D eigenvalue weighted by Gasteiger charge is -2.36. The van der Waals surface area contributed by atoms with E-state index < -0.39 is 40.7 Å². The molecule has 4 aromatic rings. The van der Waals surface area contributed by atoms with Gasteiger partial charge in [-0.15, -0.1) is 0 Å². The van der Waals surface area contributed by atoms with Gasteiger partial charge in [0.1, 0.15) is 5.82 Å². The van der Waals surface area contributed by atoms with Crippen LogP contribution in [0.2, 0.25) is 0 Å². The van der Waals surface area contributed by atoms with E-state index in [2.05, 4.69) is 5.10 Å². The topological polar surface area (TPSA) is 67.7 Å². The van der Waals surface area contributed by atoms with E-state index >= 15 is 0 Å². The Morgan fingerprint density at radius 2 is 1.48 bits per heavy atom. The average Bonchev–Trinajstić information content (AvgIpc) is 3.42. The highest BCUT2D eigenvalue weighted by Gasteiger charge is 2.27. The van der Waals surface area contributed by atoms with Crippen LogP contribution in [0.4, 0.5) is 23.2 Å². The molecule has 1 aliphatic rings. The molecule has 1 amide bonds. The standard InChI is InChI=1S/C29H24F4N4O3/c1-2-40-29(39)24-17-25(37(34-24)21-9-5-19(30)6-10-21)18-3-7-20(8-4-18)35-13-15-36(16-14-35)28(38)22-11-12-23(31)27(33)26(22)32/h3-12,17H,2,13-16H2,1H3. The third kappa shape index (κ3) is 5.27. The maximum atomic E-state index is 14.1. The maximum Gasteiger partial charge on any atom is 0.358 e. The number of hydrogen-bond donors (Lipinski definition) is 0. The Bertz CT molecular complexity index is 1550. The summed E-state index contributed by atoms with van der Waals surface area (Å²) in [4.78, 5) is 28.5. The lowest BCUT2D eigenvalue weighted by Crippen LogP contribution is -2.49. The molecule has 0 atom stereocenters. The molecule has 0 bridgehead atoms. The van der Waals surface area contributed by atoms with E-state index in [4.69, 9.17) is 4.74 Å². The van der Waals surface area contributed by atoms with Crippen molar-refractivity contribution >= 4 is 17.6 Å². The van der Waals surface area contributed by atoms with Gasteiger partial charge in [0, 0.05) is 37.4 Å². The first kappa shape index (κ1) is 26.9. The van der Waals surface area contributed by atoms with Crippen molar-refractivity contribution < 1.29 is 31.9 Å². The summed E-state index contributed by atoms with van der Waals surface area (Å²) in [5.41, 5.74) is 2.40. The minimum atomic E-state index is -1.67. The highest BCUT2D eigenvalue weighted by atomic mass is 19.2. The van der Waals surface area contributed by atoms with Gasteiger partial charge < -0.3 is 14.5 Å². The molecule has 7 nitrogen and oxygen atoms in total. The molecule has 1 saturated heterocycles. The third-order valence-electron chi connectivity index (χ3n) is 6.63. The number of amides is 1. The summed E-state index contributed by atoms with van der Waals surface area (Å²) in [7, 11) is 0. The van der Waals surface area contributed by atoms with Crippen molar-refractivity contribution in [3.05, 3.63) is 101 Å². The van der Waals surface area contributed by atoms with Gasteiger partial charge in [-0.1, -0.05) is 12.1 Å². The minimum absolute atomic E-state index is 0.114. The number of carbonyl (C=O) groups is 2. The number of benzene rings is 3. The third-order valence-corrected chi connectivity index (χ3v) is 6.63. The molecule has 0 saturated carbocycles. The van der Waals surface area contributed by atoms with Crippen LogP contribution in [0.25, 0.3) is 16.9 Å². The number of hydrogen-bond acceptors (Lipinski definition) is 5. The lowest BCUT2D eigenvalue weighted by atomic mass is 10.1. The fourth-order valence-electron chi connectivity index (χ4n) is 4.54. The first-order valence-electron chi connectivity index (χ1n) is 12.6. The molecule has 1 fully saturated rings. The summed E-state index contributed by atoms with van der Waals surface area (Å²) in [6, 6.07) is 16.5. The van der Waals surface area contributed by atoms with Gasteiger partial charge in [0.2, 0.25) is 0 Å². The van der Waals surface area contributed by atoms with Crippen LogP contribution in [0, 0.1) is 23.3 Å². The van der Waals surface area contributed by atoms with Crippen molar-refractivity contribution in [3.8, 4) is 16.9 Å². The van der Waals surface area contributed by atoms with Crippen LogP contribution in [-0.4, -0.2) is 59.3 Å². The number of nitrogens with zero attached hydrogens (tertiary/aromatic N) is 4. The number of rotatable bonds is 6. The van der Waals surface area contributed by atoms with Crippen LogP contribution in [-0.2, 0) is 4.74 Å². The van der Waals surface area contributed by atoms with Crippen molar-refractivity contribution in [2.75, 3.05) is 37.7 Å². The normalized spacial score (nSPS) is 13.4. The number of anilines is 1. The van der Waals surface area contributed by atoms with Gasteiger partial charge in [-0.05, 0) is 61.5 Å². The highest BCUT2D eigenvalue weighted by Crippen LogP contribution is 2.28. The monoisotopic (exact) mass is 552 g/mol. The van der Waals surface area contributed by atoms with Crippen LogP contribution in [0.5, 0.6) is 0 Å². The number of esters is 1. The van der Waals surface area contributed by atoms with Crippen LogP contribution >= 0.6 is 0 Å². The SMILES string of the molecule is CCOC(=O)c1cc(-c2ccc(N3CCN(C(=O)c4ccc(F)c(F)c4F)CC3)cc2)n(-c2ccc(F)cc2)n1. The number of halogens is 4. The Labute approximate surface area is 227 Å². The zero-order chi connectivity index (χ0) is 28.4. The number of carbonyl (C=O) groups excluding carboxylic acids is 2. The van der Waals surface area contributed by atoms with Crippen LogP contribution in [0.3, 0.4) is 0 Å². The summed E-state index contributed by atoms with van der Waals surface area (Å²) in [6.45, 7) is 3.30. The number of aromatic nitrogens is 2. The largest absolute Gasteiger partial charge is 0.461 e. The molecule has 0 spiro atoms. The molecule has 2 heterocycles. The molecule has 40 heavy (non-hydrogen) atoms. The molecule has 1 aliphatic heterocycles. The van der Waals surface area contributed by atoms with Gasteiger partial charge in [0.15, 0.2) is 23.1 Å². The van der Waals surface area contributed by atoms with E-state index in [0.29, 0.717) is 24.5 Å². The second-order valence-electron chi connectivity index (χ2n) is 9.07. The van der Waals surface area contributed by atoms with Gasteiger partial charge in [-0.3, -0.25) is 4.79 Å². The number of piperazine rings is 1. The Hall–Kier alpha value is -4.67. The average molecular weight is 553 g/mol. The molecule has 5 rings (SSSR count). The van der Waals surface area contributed by atoms with Crippen molar-refractivity contribution in [1.82, 2.24) is 14.7 Å². The van der Waals surface area contributed by atoms with Crippen LogP contribution in [0.15, 0.2) is 66.7 Å². The van der Waals surface area contributed by atoms with Crippen molar-refractivity contribution in [2.45, 2.75) is 6.92 Å². The molecule has 0 radical (unpaired) electrons. The summed E-state index contributed by atoms with van der Waals surface area (Å²) in [6.07, 6.45) is 0. The van der Waals surface area contributed by atoms with E-state index in [0.717, 1.165) is 23.4 Å². The van der Waals surface area contributed by atoms with E-state index in [1.54, 1.807) is 29.8 Å². The second-order valence-corrected chi connectivity index (χ2v) is 9.07. The molecule has 1 aromatic heterocycles. The molecule has 3 aromatic carbocycles. The van der Waals surface area contributed by atoms with Crippen molar-refractivity contribution in [1.29, 1.82) is 0 Å². The predicted octanol–water partition coefficient (Wildman–Crippen LogP) is 5.23. The second kappa shape index (κ2) is 11.2. The fourth-order valence-corrected chi connectivity index (χ4v) is 4.54. The van der Waals surface area contributed by atoms with Crippen LogP contribution < -0.4 is 4.90 Å². The summed E-state index contributed by atoms with van der Waals surface area (Å²) >= 11 is 0. The first-order valence-corrected chi connectivity index (χ1v) is 12.6. The molecule has 11 heteroatoms. The smallest absolute Gasteiger partial charge is 0.358 e. The Kier molecular flexibility index (Phi) is 7.54. The van der Waals surface area contributed by atoms with Crippen molar-refractivity contribution in [2.24, 2.45) is 0 Å². The van der Waals surface area contributed by atoms with Gasteiger partial charge in [0.25, 0.3) is 5.91 Å². The maximum absolute atomic E-state index is 14.1. The first-order chi connectivity index (χ1) is 19.3. The molecule has 0 N–H and O–H groups in total. The lowest BCUT2D eigenvalue weighted by molar-refractivity contribution is 0.0518. The summed E-state index contributed by atoms with van der Waals surface area (Å²) < 4.78 is 61.1. The zero-order valence-corrected chi connectivity index (χ0v) is 21.4. The fraction of sp³-hybridized carbons (Fsp3) is 0.207. The Balaban J connectivity index is 1.33. The molecule has 0 unspecified atom stereocenters. The van der Waals surface area contributed by atoms with E-state index in [-0.39, 0.29) is 25.4 Å². The van der Waals surface area contributed by atoms with Crippen molar-refractivity contribution in [3.63, 3.8) is 0 Å². The Morgan fingerprint density at radius 3 is 2.12 bits per heavy atom. The minimum Gasteiger partial charge on any atom is -0.461 e. The van der Waals surface area contributed by atoms with Gasteiger partial charge in [-0.2, -0.15) is 5.10 Å². The zero-order valence-electron chi connectivity index (χ0n) is 21.4. The van der Waals surface area contributed by atoms with Gasteiger partial charge in [0.05, 0.1) is 23.6 Å². The quantitative estimate of drug-likeness (QED) is 0.186.